The van der Waals surface area contributed by atoms with Gasteiger partial charge in [0.15, 0.2) is 6.10 Å². The zero-order valence-corrected chi connectivity index (χ0v) is 15.6. The van der Waals surface area contributed by atoms with Gasteiger partial charge in [-0.2, -0.15) is 5.10 Å². The molecule has 1 atom stereocenters. The van der Waals surface area contributed by atoms with E-state index in [2.05, 4.69) is 10.4 Å². The van der Waals surface area contributed by atoms with E-state index in [0.29, 0.717) is 23.4 Å². The monoisotopic (exact) mass is 381 g/mol. The lowest BCUT2D eigenvalue weighted by Gasteiger charge is -2.14. The molecule has 0 spiro atoms. The summed E-state index contributed by atoms with van der Waals surface area (Å²) < 4.78 is 20.6. The molecule has 0 fully saturated rings. The van der Waals surface area contributed by atoms with Crippen molar-refractivity contribution in [3.8, 4) is 0 Å². The Bertz CT molecular complexity index is 969. The third kappa shape index (κ3) is 4.82. The summed E-state index contributed by atoms with van der Waals surface area (Å²) >= 11 is 0. The molecule has 0 aliphatic heterocycles. The lowest BCUT2D eigenvalue weighted by molar-refractivity contribution is -0.123. The highest BCUT2D eigenvalue weighted by Gasteiger charge is 2.19. The summed E-state index contributed by atoms with van der Waals surface area (Å²) in [6, 6.07) is 13.1. The molecule has 0 aliphatic rings. The number of anilines is 1. The van der Waals surface area contributed by atoms with Crippen molar-refractivity contribution >= 4 is 17.6 Å². The molecule has 1 N–H and O–H groups in total. The lowest BCUT2D eigenvalue weighted by Crippen LogP contribution is -2.30. The number of amides is 1. The highest BCUT2D eigenvalue weighted by atomic mass is 19.1. The third-order valence-corrected chi connectivity index (χ3v) is 4.19. The van der Waals surface area contributed by atoms with Crippen LogP contribution in [0, 0.1) is 12.7 Å². The second-order valence-corrected chi connectivity index (χ2v) is 6.40. The van der Waals surface area contributed by atoms with Crippen LogP contribution in [0.25, 0.3) is 0 Å². The quantitative estimate of drug-likeness (QED) is 0.663. The maximum Gasteiger partial charge on any atom is 0.338 e. The first-order valence-electron chi connectivity index (χ1n) is 8.77. The molecule has 6 nitrogen and oxygen atoms in total. The van der Waals surface area contributed by atoms with Crippen LogP contribution in [0.3, 0.4) is 0 Å². The maximum absolute atomic E-state index is 13.6. The Morgan fingerprint density at radius 1 is 1.21 bits per heavy atom. The van der Waals surface area contributed by atoms with Crippen LogP contribution in [-0.2, 0) is 16.1 Å². The highest BCUT2D eigenvalue weighted by Crippen LogP contribution is 2.15. The lowest BCUT2D eigenvalue weighted by atomic mass is 10.1. The van der Waals surface area contributed by atoms with Gasteiger partial charge in [0.05, 0.1) is 12.1 Å². The van der Waals surface area contributed by atoms with Gasteiger partial charge in [-0.3, -0.25) is 9.48 Å². The van der Waals surface area contributed by atoms with Crippen molar-refractivity contribution in [2.75, 3.05) is 5.32 Å². The SMILES string of the molecule is Cc1ccc(NC(=O)C(C)OC(=O)c2ccc(Cn3cccn3)cc2)cc1F. The van der Waals surface area contributed by atoms with Crippen molar-refractivity contribution in [1.82, 2.24) is 9.78 Å². The molecule has 1 unspecified atom stereocenters. The van der Waals surface area contributed by atoms with E-state index >= 15 is 0 Å². The number of rotatable bonds is 6. The average molecular weight is 381 g/mol. The normalized spacial score (nSPS) is 11.7. The molecule has 144 valence electrons. The molecule has 0 bridgehead atoms. The Morgan fingerprint density at radius 3 is 2.61 bits per heavy atom. The number of carbonyl (C=O) groups is 2. The molecule has 3 aromatic rings. The van der Waals surface area contributed by atoms with Crippen LogP contribution in [0.5, 0.6) is 0 Å². The molecular weight excluding hydrogens is 361 g/mol. The van der Waals surface area contributed by atoms with Gasteiger partial charge in [-0.1, -0.05) is 18.2 Å². The molecular formula is C21H20FN3O3. The molecule has 28 heavy (non-hydrogen) atoms. The Kier molecular flexibility index (Phi) is 5.84. The molecule has 1 aromatic heterocycles. The zero-order chi connectivity index (χ0) is 20.1. The summed E-state index contributed by atoms with van der Waals surface area (Å²) in [6.45, 7) is 3.68. The van der Waals surface area contributed by atoms with E-state index in [0.717, 1.165) is 5.56 Å². The number of nitrogens with one attached hydrogen (secondary N) is 1. The number of halogens is 1. The Balaban J connectivity index is 1.56. The number of aryl methyl sites for hydroxylation is 1. The van der Waals surface area contributed by atoms with Crippen molar-refractivity contribution < 1.29 is 18.7 Å². The van der Waals surface area contributed by atoms with Gasteiger partial charge in [0.25, 0.3) is 5.91 Å². The predicted molar refractivity (Wildman–Crippen MR) is 102 cm³/mol. The minimum absolute atomic E-state index is 0.305. The first-order valence-corrected chi connectivity index (χ1v) is 8.77. The van der Waals surface area contributed by atoms with E-state index in [9.17, 15) is 14.0 Å². The van der Waals surface area contributed by atoms with Crippen LogP contribution in [-0.4, -0.2) is 27.8 Å². The van der Waals surface area contributed by atoms with Crippen molar-refractivity contribution in [2.24, 2.45) is 0 Å². The van der Waals surface area contributed by atoms with Gasteiger partial charge in [-0.15, -0.1) is 0 Å². The fraction of sp³-hybridized carbons (Fsp3) is 0.190. The van der Waals surface area contributed by atoms with E-state index in [1.54, 1.807) is 54.2 Å². The van der Waals surface area contributed by atoms with Crippen LogP contribution < -0.4 is 5.32 Å². The third-order valence-electron chi connectivity index (χ3n) is 4.19. The number of aromatic nitrogens is 2. The zero-order valence-electron chi connectivity index (χ0n) is 15.6. The summed E-state index contributed by atoms with van der Waals surface area (Å²) in [7, 11) is 0. The van der Waals surface area contributed by atoms with Crippen LogP contribution in [0.1, 0.15) is 28.4 Å². The molecule has 7 heteroatoms. The minimum atomic E-state index is -1.03. The molecule has 0 aliphatic carbocycles. The van der Waals surface area contributed by atoms with Crippen LogP contribution in [0.15, 0.2) is 60.9 Å². The molecule has 2 aromatic carbocycles. The van der Waals surface area contributed by atoms with Gasteiger partial charge in [-0.05, 0) is 55.3 Å². The number of benzene rings is 2. The van der Waals surface area contributed by atoms with Crippen LogP contribution in [0.4, 0.5) is 10.1 Å². The molecule has 0 radical (unpaired) electrons. The summed E-state index contributed by atoms with van der Waals surface area (Å²) in [5.41, 5.74) is 2.10. The second kappa shape index (κ2) is 8.47. The fourth-order valence-corrected chi connectivity index (χ4v) is 2.52. The smallest absolute Gasteiger partial charge is 0.338 e. The number of carbonyl (C=O) groups excluding carboxylic acids is 2. The molecule has 1 heterocycles. The number of hydrogen-bond acceptors (Lipinski definition) is 4. The number of ether oxygens (including phenoxy) is 1. The molecule has 0 saturated heterocycles. The molecule has 3 rings (SSSR count). The Labute approximate surface area is 161 Å². The van der Waals surface area contributed by atoms with Gasteiger partial charge >= 0.3 is 5.97 Å². The predicted octanol–water partition coefficient (Wildman–Crippen LogP) is 3.56. The summed E-state index contributed by atoms with van der Waals surface area (Å²) in [5.74, 6) is -1.56. The van der Waals surface area contributed by atoms with E-state index in [1.165, 1.54) is 13.0 Å². The van der Waals surface area contributed by atoms with E-state index < -0.39 is 23.8 Å². The van der Waals surface area contributed by atoms with Gasteiger partial charge in [0, 0.05) is 18.1 Å². The van der Waals surface area contributed by atoms with E-state index in [1.807, 2.05) is 12.3 Å². The Morgan fingerprint density at radius 2 is 1.96 bits per heavy atom. The van der Waals surface area contributed by atoms with E-state index in [4.69, 9.17) is 4.74 Å². The topological polar surface area (TPSA) is 73.2 Å². The molecule has 0 saturated carbocycles. The summed E-state index contributed by atoms with van der Waals surface area (Å²) in [4.78, 5) is 24.4. The number of hydrogen-bond donors (Lipinski definition) is 1. The summed E-state index contributed by atoms with van der Waals surface area (Å²) in [6.07, 6.45) is 2.52. The largest absolute Gasteiger partial charge is 0.449 e. The average Bonchev–Trinajstić information content (AvgIpc) is 3.18. The van der Waals surface area contributed by atoms with Gasteiger partial charge in [-0.25, -0.2) is 9.18 Å². The van der Waals surface area contributed by atoms with E-state index in [-0.39, 0.29) is 0 Å². The first-order chi connectivity index (χ1) is 13.4. The fourth-order valence-electron chi connectivity index (χ4n) is 2.52. The highest BCUT2D eigenvalue weighted by molar-refractivity contribution is 5.97. The van der Waals surface area contributed by atoms with Crippen LogP contribution >= 0.6 is 0 Å². The standard InChI is InChI=1S/C21H20FN3O3/c1-14-4-9-18(12-19(14)22)24-20(26)15(2)28-21(27)17-7-5-16(6-8-17)13-25-11-3-10-23-25/h3-12,15H,13H2,1-2H3,(H,24,26). The molecule has 1 amide bonds. The minimum Gasteiger partial charge on any atom is -0.449 e. The van der Waals surface area contributed by atoms with Crippen molar-refractivity contribution in [3.63, 3.8) is 0 Å². The second-order valence-electron chi connectivity index (χ2n) is 6.40. The van der Waals surface area contributed by atoms with Gasteiger partial charge in [0.2, 0.25) is 0 Å². The van der Waals surface area contributed by atoms with Crippen molar-refractivity contribution in [3.05, 3.63) is 83.4 Å². The van der Waals surface area contributed by atoms with Crippen LogP contribution in [0.2, 0.25) is 0 Å². The number of esters is 1. The Hall–Kier alpha value is -3.48. The van der Waals surface area contributed by atoms with Gasteiger partial charge < -0.3 is 10.1 Å². The van der Waals surface area contributed by atoms with Crippen molar-refractivity contribution in [1.29, 1.82) is 0 Å². The number of nitrogens with zero attached hydrogens (tertiary/aromatic N) is 2. The van der Waals surface area contributed by atoms with Gasteiger partial charge in [0.1, 0.15) is 5.82 Å². The van der Waals surface area contributed by atoms with Crippen molar-refractivity contribution in [2.45, 2.75) is 26.5 Å². The maximum atomic E-state index is 13.6. The first kappa shape index (κ1) is 19.3. The summed E-state index contributed by atoms with van der Waals surface area (Å²) in [5, 5.41) is 6.66.